The lowest BCUT2D eigenvalue weighted by molar-refractivity contribution is 0.0289. The van der Waals surface area contributed by atoms with Crippen LogP contribution in [0.1, 0.15) is 18.5 Å². The number of anilines is 1. The van der Waals surface area contributed by atoms with E-state index in [1.807, 2.05) is 13.1 Å². The molecule has 110 valence electrons. The third-order valence-electron chi connectivity index (χ3n) is 4.50. The van der Waals surface area contributed by atoms with Crippen molar-refractivity contribution in [2.75, 3.05) is 50.8 Å². The van der Waals surface area contributed by atoms with Crippen LogP contribution in [0.15, 0.2) is 18.3 Å². The summed E-state index contributed by atoms with van der Waals surface area (Å²) in [5.74, 6) is 0.850. The molecule has 0 unspecified atom stereocenters. The first-order valence-corrected chi connectivity index (χ1v) is 7.79. The third-order valence-corrected chi connectivity index (χ3v) is 4.50. The molecule has 2 fully saturated rings. The molecule has 1 aromatic heterocycles. The van der Waals surface area contributed by atoms with Gasteiger partial charge in [-0.15, -0.1) is 0 Å². The molecule has 0 spiro atoms. The van der Waals surface area contributed by atoms with Crippen LogP contribution in [-0.2, 0) is 4.74 Å². The lowest BCUT2D eigenvalue weighted by atomic mass is 9.95. The number of aromatic nitrogens is 1. The molecule has 20 heavy (non-hydrogen) atoms. The number of piperidine rings is 1. The number of pyridine rings is 1. The van der Waals surface area contributed by atoms with Crippen LogP contribution in [0.3, 0.4) is 0 Å². The van der Waals surface area contributed by atoms with Crippen molar-refractivity contribution in [3.63, 3.8) is 0 Å². The average molecular weight is 275 g/mol. The zero-order chi connectivity index (χ0) is 13.8. The second kappa shape index (κ2) is 6.55. The zero-order valence-corrected chi connectivity index (χ0v) is 12.4. The fourth-order valence-corrected chi connectivity index (χ4v) is 3.17. The van der Waals surface area contributed by atoms with Crippen molar-refractivity contribution in [1.82, 2.24) is 9.88 Å². The van der Waals surface area contributed by atoms with Crippen LogP contribution in [-0.4, -0.2) is 55.8 Å². The SMILES string of the molecule is Cc1ccc(N2CCC(CN3CCOCC3)CC2)cn1. The molecule has 1 aromatic rings. The topological polar surface area (TPSA) is 28.6 Å². The first-order valence-electron chi connectivity index (χ1n) is 7.79. The standard InChI is InChI=1S/C16H25N3O/c1-14-2-3-16(12-17-14)19-6-4-15(5-7-19)13-18-8-10-20-11-9-18/h2-3,12,15H,4-11,13H2,1H3. The molecule has 2 aliphatic heterocycles. The Bertz CT molecular complexity index is 406. The van der Waals surface area contributed by atoms with E-state index < -0.39 is 0 Å². The van der Waals surface area contributed by atoms with Gasteiger partial charge in [0.25, 0.3) is 0 Å². The summed E-state index contributed by atoms with van der Waals surface area (Å²) in [6.45, 7) is 9.67. The Labute approximate surface area is 121 Å². The molecule has 0 bridgehead atoms. The van der Waals surface area contributed by atoms with Gasteiger partial charge in [-0.05, 0) is 37.8 Å². The summed E-state index contributed by atoms with van der Waals surface area (Å²) in [6.07, 6.45) is 4.61. The molecule has 0 aromatic carbocycles. The summed E-state index contributed by atoms with van der Waals surface area (Å²) >= 11 is 0. The predicted octanol–water partition coefficient (Wildman–Crippen LogP) is 1.94. The molecule has 0 atom stereocenters. The van der Waals surface area contributed by atoms with E-state index in [1.54, 1.807) is 0 Å². The molecule has 2 aliphatic rings. The molecule has 2 saturated heterocycles. The smallest absolute Gasteiger partial charge is 0.0594 e. The Morgan fingerprint density at radius 1 is 1.15 bits per heavy atom. The van der Waals surface area contributed by atoms with Gasteiger partial charge in [-0.3, -0.25) is 9.88 Å². The van der Waals surface area contributed by atoms with Crippen molar-refractivity contribution < 1.29 is 4.74 Å². The maximum Gasteiger partial charge on any atom is 0.0594 e. The van der Waals surface area contributed by atoms with E-state index in [2.05, 4.69) is 26.9 Å². The van der Waals surface area contributed by atoms with Crippen LogP contribution in [0.4, 0.5) is 5.69 Å². The summed E-state index contributed by atoms with van der Waals surface area (Å²) in [6, 6.07) is 4.31. The fraction of sp³-hybridized carbons (Fsp3) is 0.688. The summed E-state index contributed by atoms with van der Waals surface area (Å²) < 4.78 is 5.42. The molecule has 0 N–H and O–H groups in total. The van der Waals surface area contributed by atoms with Gasteiger partial charge in [0.15, 0.2) is 0 Å². The maximum atomic E-state index is 5.42. The highest BCUT2D eigenvalue weighted by molar-refractivity contribution is 5.44. The summed E-state index contributed by atoms with van der Waals surface area (Å²) in [5.41, 5.74) is 2.37. The van der Waals surface area contributed by atoms with Gasteiger partial charge < -0.3 is 9.64 Å². The van der Waals surface area contributed by atoms with Crippen molar-refractivity contribution in [1.29, 1.82) is 0 Å². The van der Waals surface area contributed by atoms with Crippen molar-refractivity contribution >= 4 is 5.69 Å². The first-order chi connectivity index (χ1) is 9.81. The lowest BCUT2D eigenvalue weighted by Gasteiger charge is -2.36. The van der Waals surface area contributed by atoms with Crippen molar-refractivity contribution in [2.24, 2.45) is 5.92 Å². The number of morpholine rings is 1. The molecular formula is C16H25N3O. The highest BCUT2D eigenvalue weighted by atomic mass is 16.5. The van der Waals surface area contributed by atoms with E-state index in [0.29, 0.717) is 0 Å². The van der Waals surface area contributed by atoms with E-state index in [4.69, 9.17) is 4.74 Å². The molecule has 3 rings (SSSR count). The van der Waals surface area contributed by atoms with Gasteiger partial charge in [0.2, 0.25) is 0 Å². The minimum atomic E-state index is 0.850. The van der Waals surface area contributed by atoms with Crippen LogP contribution in [0.25, 0.3) is 0 Å². The molecule has 4 nitrogen and oxygen atoms in total. The van der Waals surface area contributed by atoms with Gasteiger partial charge in [-0.2, -0.15) is 0 Å². The van der Waals surface area contributed by atoms with Crippen LogP contribution in [0.2, 0.25) is 0 Å². The largest absolute Gasteiger partial charge is 0.379 e. The monoisotopic (exact) mass is 275 g/mol. The Kier molecular flexibility index (Phi) is 4.53. The first kappa shape index (κ1) is 13.8. The Hall–Kier alpha value is -1.13. The minimum absolute atomic E-state index is 0.850. The van der Waals surface area contributed by atoms with E-state index in [-0.39, 0.29) is 0 Å². The summed E-state index contributed by atoms with van der Waals surface area (Å²) in [4.78, 5) is 9.44. The number of nitrogens with zero attached hydrogens (tertiary/aromatic N) is 3. The molecule has 3 heterocycles. The van der Waals surface area contributed by atoms with Gasteiger partial charge in [0.1, 0.15) is 0 Å². The van der Waals surface area contributed by atoms with E-state index in [9.17, 15) is 0 Å². The van der Waals surface area contributed by atoms with Crippen LogP contribution < -0.4 is 4.90 Å². The number of rotatable bonds is 3. The van der Waals surface area contributed by atoms with Crippen LogP contribution >= 0.6 is 0 Å². The highest BCUT2D eigenvalue weighted by Gasteiger charge is 2.22. The van der Waals surface area contributed by atoms with Gasteiger partial charge in [0.05, 0.1) is 25.1 Å². The molecular weight excluding hydrogens is 250 g/mol. The fourth-order valence-electron chi connectivity index (χ4n) is 3.17. The van der Waals surface area contributed by atoms with Crippen LogP contribution in [0, 0.1) is 12.8 Å². The molecule has 0 amide bonds. The van der Waals surface area contributed by atoms with Gasteiger partial charge in [-0.1, -0.05) is 0 Å². The van der Waals surface area contributed by atoms with Crippen molar-refractivity contribution in [3.8, 4) is 0 Å². The Morgan fingerprint density at radius 2 is 1.90 bits per heavy atom. The van der Waals surface area contributed by atoms with Crippen molar-refractivity contribution in [2.45, 2.75) is 19.8 Å². The third kappa shape index (κ3) is 3.49. The van der Waals surface area contributed by atoms with Crippen LogP contribution in [0.5, 0.6) is 0 Å². The van der Waals surface area contributed by atoms with Gasteiger partial charge in [-0.25, -0.2) is 0 Å². The van der Waals surface area contributed by atoms with E-state index in [0.717, 1.165) is 37.9 Å². The second-order valence-corrected chi connectivity index (χ2v) is 6.00. The lowest BCUT2D eigenvalue weighted by Crippen LogP contribution is -2.42. The summed E-state index contributed by atoms with van der Waals surface area (Å²) in [5, 5.41) is 0. The van der Waals surface area contributed by atoms with Crippen molar-refractivity contribution in [3.05, 3.63) is 24.0 Å². The molecule has 0 saturated carbocycles. The predicted molar refractivity (Wildman–Crippen MR) is 81.2 cm³/mol. The minimum Gasteiger partial charge on any atom is -0.379 e. The number of hydrogen-bond donors (Lipinski definition) is 0. The Morgan fingerprint density at radius 3 is 2.55 bits per heavy atom. The van der Waals surface area contributed by atoms with Gasteiger partial charge in [0, 0.05) is 38.4 Å². The summed E-state index contributed by atoms with van der Waals surface area (Å²) in [7, 11) is 0. The quantitative estimate of drug-likeness (QED) is 0.843. The maximum absolute atomic E-state index is 5.42. The average Bonchev–Trinajstić information content (AvgIpc) is 2.50. The number of aryl methyl sites for hydroxylation is 1. The number of hydrogen-bond acceptors (Lipinski definition) is 4. The van der Waals surface area contributed by atoms with E-state index >= 15 is 0 Å². The molecule has 0 aliphatic carbocycles. The zero-order valence-electron chi connectivity index (χ0n) is 12.4. The molecule has 0 radical (unpaired) electrons. The highest BCUT2D eigenvalue weighted by Crippen LogP contribution is 2.23. The normalized spacial score (nSPS) is 22.1. The van der Waals surface area contributed by atoms with E-state index in [1.165, 1.54) is 38.2 Å². The molecule has 4 heteroatoms. The number of ether oxygens (including phenoxy) is 1. The Balaban J connectivity index is 1.47. The second-order valence-electron chi connectivity index (χ2n) is 6.00. The van der Waals surface area contributed by atoms with Gasteiger partial charge >= 0.3 is 0 Å².